The maximum absolute atomic E-state index is 11.5. The fraction of sp³-hybridized carbons (Fsp3) is 0.500. The van der Waals surface area contributed by atoms with Gasteiger partial charge in [-0.3, -0.25) is 0 Å². The summed E-state index contributed by atoms with van der Waals surface area (Å²) in [4.78, 5) is 11.5. The molecule has 1 aliphatic heterocycles. The van der Waals surface area contributed by atoms with Crippen LogP contribution in [0.4, 0.5) is 4.79 Å². The average molecular weight is 264 g/mol. The molecule has 0 bridgehead atoms. The van der Waals surface area contributed by atoms with Gasteiger partial charge in [0.15, 0.2) is 0 Å². The smallest absolute Gasteiger partial charge is 0.410 e. The highest BCUT2D eigenvalue weighted by Crippen LogP contribution is 2.08. The number of amides is 1. The standard InChI is InChI=1S/C14H20N2O3/c17-14(19-13-4-2-1-3-5-13)16-10-11-18-12-6-8-15-9-7-12/h1-5,12,15H,6-11H2,(H,16,17). The lowest BCUT2D eigenvalue weighted by molar-refractivity contribution is 0.0351. The van der Waals surface area contributed by atoms with Crippen LogP contribution in [0.5, 0.6) is 5.75 Å². The molecule has 0 saturated carbocycles. The van der Waals surface area contributed by atoms with E-state index in [0.29, 0.717) is 25.0 Å². The molecule has 0 aliphatic carbocycles. The summed E-state index contributed by atoms with van der Waals surface area (Å²) in [6, 6.07) is 9.00. The van der Waals surface area contributed by atoms with E-state index >= 15 is 0 Å². The molecule has 0 atom stereocenters. The van der Waals surface area contributed by atoms with E-state index < -0.39 is 6.09 Å². The maximum atomic E-state index is 11.5. The quantitative estimate of drug-likeness (QED) is 0.792. The molecule has 5 heteroatoms. The number of hydrogen-bond donors (Lipinski definition) is 2. The molecule has 0 aromatic heterocycles. The van der Waals surface area contributed by atoms with Crippen molar-refractivity contribution in [1.82, 2.24) is 10.6 Å². The molecule has 5 nitrogen and oxygen atoms in total. The van der Waals surface area contributed by atoms with Crippen molar-refractivity contribution in [3.05, 3.63) is 30.3 Å². The lowest BCUT2D eigenvalue weighted by atomic mass is 10.1. The highest BCUT2D eigenvalue weighted by molar-refractivity contribution is 5.70. The van der Waals surface area contributed by atoms with Gasteiger partial charge in [-0.1, -0.05) is 18.2 Å². The summed E-state index contributed by atoms with van der Waals surface area (Å²) in [6.45, 7) is 3.01. The molecule has 1 aliphatic rings. The third-order valence-corrected chi connectivity index (χ3v) is 2.96. The van der Waals surface area contributed by atoms with E-state index in [1.807, 2.05) is 18.2 Å². The second-order valence-electron chi connectivity index (χ2n) is 4.45. The first-order valence-electron chi connectivity index (χ1n) is 6.67. The highest BCUT2D eigenvalue weighted by Gasteiger charge is 2.12. The van der Waals surface area contributed by atoms with Crippen molar-refractivity contribution in [1.29, 1.82) is 0 Å². The van der Waals surface area contributed by atoms with Crippen molar-refractivity contribution in [2.24, 2.45) is 0 Å². The normalized spacial score (nSPS) is 16.0. The third-order valence-electron chi connectivity index (χ3n) is 2.96. The van der Waals surface area contributed by atoms with E-state index in [4.69, 9.17) is 9.47 Å². The number of hydrogen-bond acceptors (Lipinski definition) is 4. The zero-order chi connectivity index (χ0) is 13.3. The summed E-state index contributed by atoms with van der Waals surface area (Å²) in [7, 11) is 0. The SMILES string of the molecule is O=C(NCCOC1CCNCC1)Oc1ccccc1. The summed E-state index contributed by atoms with van der Waals surface area (Å²) in [6.07, 6.45) is 1.94. The molecule has 1 fully saturated rings. The Morgan fingerprint density at radius 3 is 2.74 bits per heavy atom. The first-order valence-corrected chi connectivity index (χ1v) is 6.67. The van der Waals surface area contributed by atoms with Gasteiger partial charge in [-0.05, 0) is 38.1 Å². The molecule has 1 saturated heterocycles. The molecule has 0 spiro atoms. The van der Waals surface area contributed by atoms with E-state index in [2.05, 4.69) is 10.6 Å². The second kappa shape index (κ2) is 7.76. The van der Waals surface area contributed by atoms with Crippen molar-refractivity contribution < 1.29 is 14.3 Å². The Bertz CT molecular complexity index is 378. The van der Waals surface area contributed by atoms with Gasteiger partial charge in [-0.15, -0.1) is 0 Å². The van der Waals surface area contributed by atoms with Gasteiger partial charge in [0.05, 0.1) is 12.7 Å². The average Bonchev–Trinajstić information content (AvgIpc) is 2.46. The molecular formula is C14H20N2O3. The fourth-order valence-electron chi connectivity index (χ4n) is 1.97. The Morgan fingerprint density at radius 1 is 1.26 bits per heavy atom. The minimum Gasteiger partial charge on any atom is -0.410 e. The van der Waals surface area contributed by atoms with E-state index in [-0.39, 0.29) is 0 Å². The summed E-state index contributed by atoms with van der Waals surface area (Å²) >= 11 is 0. The lowest BCUT2D eigenvalue weighted by Crippen LogP contribution is -2.35. The first kappa shape index (κ1) is 13.8. The van der Waals surface area contributed by atoms with E-state index in [0.717, 1.165) is 25.9 Å². The number of carbonyl (C=O) groups excluding carboxylic acids is 1. The van der Waals surface area contributed by atoms with Crippen LogP contribution >= 0.6 is 0 Å². The molecule has 0 radical (unpaired) electrons. The molecule has 0 unspecified atom stereocenters. The third kappa shape index (κ3) is 5.28. The van der Waals surface area contributed by atoms with Crippen LogP contribution in [0.3, 0.4) is 0 Å². The molecular weight excluding hydrogens is 244 g/mol. The molecule has 1 amide bonds. The lowest BCUT2D eigenvalue weighted by Gasteiger charge is -2.22. The molecule has 2 N–H and O–H groups in total. The second-order valence-corrected chi connectivity index (χ2v) is 4.45. The van der Waals surface area contributed by atoms with Gasteiger partial charge in [0, 0.05) is 6.54 Å². The topological polar surface area (TPSA) is 59.6 Å². The van der Waals surface area contributed by atoms with E-state index in [1.165, 1.54) is 0 Å². The number of para-hydroxylation sites is 1. The number of ether oxygens (including phenoxy) is 2. The van der Waals surface area contributed by atoms with Crippen molar-refractivity contribution >= 4 is 6.09 Å². The van der Waals surface area contributed by atoms with Gasteiger partial charge in [0.25, 0.3) is 0 Å². The first-order chi connectivity index (χ1) is 9.34. The molecule has 19 heavy (non-hydrogen) atoms. The predicted molar refractivity (Wildman–Crippen MR) is 72.3 cm³/mol. The molecule has 1 heterocycles. The number of benzene rings is 1. The predicted octanol–water partition coefficient (Wildman–Crippen LogP) is 1.54. The van der Waals surface area contributed by atoms with Crippen LogP contribution in [0.15, 0.2) is 30.3 Å². The van der Waals surface area contributed by atoms with E-state index in [1.54, 1.807) is 12.1 Å². The molecule has 2 rings (SSSR count). The van der Waals surface area contributed by atoms with Crippen LogP contribution in [0, 0.1) is 0 Å². The van der Waals surface area contributed by atoms with Crippen LogP contribution < -0.4 is 15.4 Å². The minimum absolute atomic E-state index is 0.313. The Labute approximate surface area is 113 Å². The van der Waals surface area contributed by atoms with Crippen molar-refractivity contribution in [2.45, 2.75) is 18.9 Å². The van der Waals surface area contributed by atoms with Gasteiger partial charge < -0.3 is 20.1 Å². The summed E-state index contributed by atoms with van der Waals surface area (Å²) in [5.74, 6) is 0.541. The summed E-state index contributed by atoms with van der Waals surface area (Å²) in [5, 5.41) is 5.95. The minimum atomic E-state index is -0.444. The molecule has 1 aromatic carbocycles. The van der Waals surface area contributed by atoms with Gasteiger partial charge >= 0.3 is 6.09 Å². The maximum Gasteiger partial charge on any atom is 0.412 e. The monoisotopic (exact) mass is 264 g/mol. The zero-order valence-corrected chi connectivity index (χ0v) is 10.9. The number of rotatable bonds is 5. The highest BCUT2D eigenvalue weighted by atomic mass is 16.6. The Morgan fingerprint density at radius 2 is 2.00 bits per heavy atom. The number of nitrogens with one attached hydrogen (secondary N) is 2. The summed E-state index contributed by atoms with van der Waals surface area (Å²) in [5.41, 5.74) is 0. The van der Waals surface area contributed by atoms with Gasteiger partial charge in [0.2, 0.25) is 0 Å². The number of carbonyl (C=O) groups is 1. The van der Waals surface area contributed by atoms with E-state index in [9.17, 15) is 4.79 Å². The van der Waals surface area contributed by atoms with Gasteiger partial charge in [-0.25, -0.2) is 4.79 Å². The van der Waals surface area contributed by atoms with Crippen LogP contribution in [0.25, 0.3) is 0 Å². The Kier molecular flexibility index (Phi) is 5.65. The van der Waals surface area contributed by atoms with Crippen LogP contribution in [-0.4, -0.2) is 38.4 Å². The summed E-state index contributed by atoms with van der Waals surface area (Å²) < 4.78 is 10.8. The van der Waals surface area contributed by atoms with Gasteiger partial charge in [0.1, 0.15) is 5.75 Å². The molecule has 104 valence electrons. The fourth-order valence-corrected chi connectivity index (χ4v) is 1.97. The van der Waals surface area contributed by atoms with Crippen LogP contribution in [-0.2, 0) is 4.74 Å². The van der Waals surface area contributed by atoms with Crippen LogP contribution in [0.2, 0.25) is 0 Å². The Hall–Kier alpha value is -1.59. The Balaban J connectivity index is 1.56. The largest absolute Gasteiger partial charge is 0.412 e. The molecule has 1 aromatic rings. The zero-order valence-electron chi connectivity index (χ0n) is 10.9. The number of piperidine rings is 1. The van der Waals surface area contributed by atoms with Crippen molar-refractivity contribution in [3.8, 4) is 5.75 Å². The van der Waals surface area contributed by atoms with Crippen LogP contribution in [0.1, 0.15) is 12.8 Å². The van der Waals surface area contributed by atoms with Gasteiger partial charge in [-0.2, -0.15) is 0 Å². The van der Waals surface area contributed by atoms with Crippen molar-refractivity contribution in [3.63, 3.8) is 0 Å². The van der Waals surface area contributed by atoms with Crippen molar-refractivity contribution in [2.75, 3.05) is 26.2 Å².